The Morgan fingerprint density at radius 2 is 1.91 bits per heavy atom. The van der Waals surface area contributed by atoms with Crippen molar-refractivity contribution in [1.82, 2.24) is 4.57 Å². The molecule has 1 aliphatic carbocycles. The molecule has 0 amide bonds. The molecule has 2 aliphatic rings. The second kappa shape index (κ2) is 6.04. The Bertz CT molecular complexity index is 764. The minimum Gasteiger partial charge on any atom is -0.380 e. The Hall–Kier alpha value is -1.75. The molecule has 2 heterocycles. The van der Waals surface area contributed by atoms with E-state index in [-0.39, 0.29) is 11.4 Å². The highest BCUT2D eigenvalue weighted by Gasteiger charge is 2.37. The molecule has 1 N–H and O–H groups in total. The third-order valence-electron chi connectivity index (χ3n) is 4.92. The van der Waals surface area contributed by atoms with Gasteiger partial charge in [-0.2, -0.15) is 11.8 Å². The van der Waals surface area contributed by atoms with Gasteiger partial charge in [0.2, 0.25) is 0 Å². The summed E-state index contributed by atoms with van der Waals surface area (Å²) in [6, 6.07) is 10.2. The lowest BCUT2D eigenvalue weighted by molar-refractivity contribution is 0.494. The molecule has 0 spiro atoms. The third kappa shape index (κ3) is 2.90. The molecule has 2 fully saturated rings. The van der Waals surface area contributed by atoms with Crippen LogP contribution in [0.25, 0.3) is 5.69 Å². The van der Waals surface area contributed by atoms with E-state index in [9.17, 15) is 9.18 Å². The summed E-state index contributed by atoms with van der Waals surface area (Å²) in [5.41, 5.74) is 0.933. The van der Waals surface area contributed by atoms with Crippen LogP contribution in [0.3, 0.4) is 0 Å². The van der Waals surface area contributed by atoms with Gasteiger partial charge in [-0.05, 0) is 54.4 Å². The van der Waals surface area contributed by atoms with Crippen molar-refractivity contribution in [2.75, 3.05) is 16.8 Å². The number of benzene rings is 1. The van der Waals surface area contributed by atoms with Crippen LogP contribution < -0.4 is 10.9 Å². The highest BCUT2D eigenvalue weighted by atomic mass is 32.2. The maximum absolute atomic E-state index is 14.4. The number of anilines is 1. The topological polar surface area (TPSA) is 34.0 Å². The van der Waals surface area contributed by atoms with Crippen molar-refractivity contribution in [1.29, 1.82) is 0 Å². The van der Waals surface area contributed by atoms with Gasteiger partial charge < -0.3 is 5.32 Å². The van der Waals surface area contributed by atoms with Crippen LogP contribution in [-0.2, 0) is 0 Å². The number of nitrogens with zero attached hydrogens (tertiary/aromatic N) is 1. The molecule has 1 aromatic heterocycles. The molecule has 5 heteroatoms. The van der Waals surface area contributed by atoms with Crippen molar-refractivity contribution in [2.24, 2.45) is 11.8 Å². The van der Waals surface area contributed by atoms with Crippen molar-refractivity contribution >= 4 is 17.4 Å². The highest BCUT2D eigenvalue weighted by molar-refractivity contribution is 7.99. The molecule has 1 saturated carbocycles. The summed E-state index contributed by atoms with van der Waals surface area (Å²) >= 11 is 2.04. The number of nitrogens with one attached hydrogen (secondary N) is 1. The molecule has 3 nitrogen and oxygen atoms in total. The van der Waals surface area contributed by atoms with E-state index >= 15 is 0 Å². The highest BCUT2D eigenvalue weighted by Crippen LogP contribution is 2.43. The number of hydrogen-bond donors (Lipinski definition) is 1. The molecule has 3 atom stereocenters. The second-order valence-corrected chi connectivity index (χ2v) is 7.52. The SMILES string of the molecule is O=c1ccccn1-c1ccc(NC2C[C@H]3CSC[C@H]3C2)c(F)c1. The molecular formula is C18H19FN2OS. The number of aromatic nitrogens is 1. The minimum atomic E-state index is -0.301. The fourth-order valence-corrected chi connectivity index (χ4v) is 5.30. The van der Waals surface area contributed by atoms with Gasteiger partial charge in [0.05, 0.1) is 11.4 Å². The largest absolute Gasteiger partial charge is 0.380 e. The zero-order valence-electron chi connectivity index (χ0n) is 12.7. The van der Waals surface area contributed by atoms with Crippen molar-refractivity contribution in [3.63, 3.8) is 0 Å². The van der Waals surface area contributed by atoms with E-state index in [2.05, 4.69) is 5.32 Å². The van der Waals surface area contributed by atoms with Gasteiger partial charge in [-0.1, -0.05) is 6.07 Å². The number of pyridine rings is 1. The summed E-state index contributed by atoms with van der Waals surface area (Å²) in [5.74, 6) is 3.79. The summed E-state index contributed by atoms with van der Waals surface area (Å²) in [5, 5.41) is 3.36. The second-order valence-electron chi connectivity index (χ2n) is 6.44. The number of rotatable bonds is 3. The Balaban J connectivity index is 1.53. The average molecular weight is 330 g/mol. The van der Waals surface area contributed by atoms with Crippen molar-refractivity contribution in [2.45, 2.75) is 18.9 Å². The third-order valence-corrected chi connectivity index (χ3v) is 6.25. The lowest BCUT2D eigenvalue weighted by Crippen LogP contribution is -2.18. The molecular weight excluding hydrogens is 311 g/mol. The van der Waals surface area contributed by atoms with Crippen molar-refractivity contribution in [3.8, 4) is 5.69 Å². The minimum absolute atomic E-state index is 0.159. The quantitative estimate of drug-likeness (QED) is 0.935. The van der Waals surface area contributed by atoms with E-state index in [1.807, 2.05) is 11.8 Å². The van der Waals surface area contributed by atoms with Gasteiger partial charge in [0.25, 0.3) is 5.56 Å². The molecule has 2 aromatic rings. The van der Waals surface area contributed by atoms with E-state index in [4.69, 9.17) is 0 Å². The molecule has 1 aromatic carbocycles. The fourth-order valence-electron chi connectivity index (χ4n) is 3.74. The first-order valence-electron chi connectivity index (χ1n) is 8.02. The van der Waals surface area contributed by atoms with E-state index in [1.165, 1.54) is 28.2 Å². The zero-order valence-corrected chi connectivity index (χ0v) is 13.6. The summed E-state index contributed by atoms with van der Waals surface area (Å²) < 4.78 is 15.9. The lowest BCUT2D eigenvalue weighted by Gasteiger charge is -2.16. The van der Waals surface area contributed by atoms with Gasteiger partial charge in [0.15, 0.2) is 0 Å². The molecule has 1 saturated heterocycles. The van der Waals surface area contributed by atoms with Gasteiger partial charge >= 0.3 is 0 Å². The van der Waals surface area contributed by atoms with Gasteiger partial charge in [-0.3, -0.25) is 9.36 Å². The maximum atomic E-state index is 14.4. The number of hydrogen-bond acceptors (Lipinski definition) is 3. The fraction of sp³-hybridized carbons (Fsp3) is 0.389. The predicted octanol–water partition coefficient (Wildman–Crippen LogP) is 3.53. The Morgan fingerprint density at radius 3 is 2.61 bits per heavy atom. The lowest BCUT2D eigenvalue weighted by atomic mass is 10.0. The summed E-state index contributed by atoms with van der Waals surface area (Å²) in [4.78, 5) is 11.8. The van der Waals surface area contributed by atoms with Crippen LogP contribution in [0.15, 0.2) is 47.4 Å². The number of halogens is 1. The number of fused-ring (bicyclic) bond motifs is 1. The molecule has 23 heavy (non-hydrogen) atoms. The predicted molar refractivity (Wildman–Crippen MR) is 92.9 cm³/mol. The molecule has 0 bridgehead atoms. The van der Waals surface area contributed by atoms with E-state index in [0.717, 1.165) is 24.7 Å². The van der Waals surface area contributed by atoms with Crippen molar-refractivity contribution < 1.29 is 4.39 Å². The van der Waals surface area contributed by atoms with Crippen LogP contribution in [0, 0.1) is 17.7 Å². The summed E-state index contributed by atoms with van der Waals surface area (Å²) in [7, 11) is 0. The zero-order chi connectivity index (χ0) is 15.8. The van der Waals surface area contributed by atoms with Crippen LogP contribution in [-0.4, -0.2) is 22.1 Å². The summed E-state index contributed by atoms with van der Waals surface area (Å²) in [6.45, 7) is 0. The molecule has 0 radical (unpaired) electrons. The van der Waals surface area contributed by atoms with Crippen LogP contribution in [0.4, 0.5) is 10.1 Å². The van der Waals surface area contributed by atoms with Gasteiger partial charge in [0.1, 0.15) is 5.82 Å². The monoisotopic (exact) mass is 330 g/mol. The smallest absolute Gasteiger partial charge is 0.255 e. The molecule has 1 aliphatic heterocycles. The van der Waals surface area contributed by atoms with E-state index in [1.54, 1.807) is 30.5 Å². The van der Waals surface area contributed by atoms with Crippen LogP contribution in [0.5, 0.6) is 0 Å². The molecule has 4 rings (SSSR count). The van der Waals surface area contributed by atoms with Crippen LogP contribution in [0.2, 0.25) is 0 Å². The van der Waals surface area contributed by atoms with E-state index < -0.39 is 0 Å². The van der Waals surface area contributed by atoms with E-state index in [0.29, 0.717) is 17.4 Å². The normalized spacial score (nSPS) is 26.2. The van der Waals surface area contributed by atoms with Gasteiger partial charge in [-0.15, -0.1) is 0 Å². The summed E-state index contributed by atoms with van der Waals surface area (Å²) in [6.07, 6.45) is 3.92. The van der Waals surface area contributed by atoms with Crippen LogP contribution >= 0.6 is 11.8 Å². The van der Waals surface area contributed by atoms with Gasteiger partial charge in [0, 0.05) is 24.4 Å². The first-order chi connectivity index (χ1) is 11.2. The Kier molecular flexibility index (Phi) is 3.89. The van der Waals surface area contributed by atoms with Crippen molar-refractivity contribution in [3.05, 3.63) is 58.8 Å². The molecule has 1 unspecified atom stereocenters. The average Bonchev–Trinajstić information content (AvgIpc) is 3.11. The van der Waals surface area contributed by atoms with Crippen LogP contribution in [0.1, 0.15) is 12.8 Å². The standard InChI is InChI=1S/C18H19FN2OS/c19-16-9-15(21-6-2-1-3-18(21)22)4-5-17(16)20-14-7-12-10-23-11-13(12)8-14/h1-6,9,12-14,20H,7-8,10-11H2/t12-,13+,14?. The number of thioether (sulfide) groups is 1. The Morgan fingerprint density at radius 1 is 1.13 bits per heavy atom. The Labute approximate surface area is 138 Å². The van der Waals surface area contributed by atoms with Gasteiger partial charge in [-0.25, -0.2) is 4.39 Å². The first kappa shape index (κ1) is 14.8. The maximum Gasteiger partial charge on any atom is 0.255 e. The molecule has 120 valence electrons. The first-order valence-corrected chi connectivity index (χ1v) is 9.18.